The van der Waals surface area contributed by atoms with Gasteiger partial charge in [0, 0.05) is 3.57 Å². The summed E-state index contributed by atoms with van der Waals surface area (Å²) in [5.41, 5.74) is 6.72. The van der Waals surface area contributed by atoms with Crippen molar-refractivity contribution >= 4 is 22.6 Å². The molecule has 2 aromatic rings. The van der Waals surface area contributed by atoms with E-state index < -0.39 is 0 Å². The zero-order valence-corrected chi connectivity index (χ0v) is 14.8. The van der Waals surface area contributed by atoms with Crippen molar-refractivity contribution in [3.8, 4) is 0 Å². The molecule has 2 rings (SSSR count). The Hall–Kier alpha value is -0.870. The predicted molar refractivity (Wildman–Crippen MR) is 95.3 cm³/mol. The Morgan fingerprint density at radius 3 is 2.30 bits per heavy atom. The van der Waals surface area contributed by atoms with Crippen LogP contribution in [0.2, 0.25) is 0 Å². The Morgan fingerprint density at radius 2 is 1.70 bits per heavy atom. The van der Waals surface area contributed by atoms with E-state index in [2.05, 4.69) is 92.0 Å². The average Bonchev–Trinajstić information content (AvgIpc) is 2.38. The number of nitrogens with one attached hydrogen (secondary N) is 1. The van der Waals surface area contributed by atoms with Gasteiger partial charge >= 0.3 is 0 Å². The van der Waals surface area contributed by atoms with Gasteiger partial charge in [0.15, 0.2) is 0 Å². The molecule has 0 saturated carbocycles. The SMILES string of the molecule is CCNC(c1cc(C)cc(C)c1)c1cccc(C)c1I. The minimum absolute atomic E-state index is 0.269. The summed E-state index contributed by atoms with van der Waals surface area (Å²) in [7, 11) is 0. The summed E-state index contributed by atoms with van der Waals surface area (Å²) in [6, 6.07) is 13.6. The maximum atomic E-state index is 3.63. The quantitative estimate of drug-likeness (QED) is 0.744. The van der Waals surface area contributed by atoms with E-state index in [1.165, 1.54) is 31.4 Å². The lowest BCUT2D eigenvalue weighted by Crippen LogP contribution is -2.23. The van der Waals surface area contributed by atoms with Crippen LogP contribution in [0.1, 0.15) is 40.8 Å². The first-order chi connectivity index (χ1) is 9.52. The first-order valence-corrected chi connectivity index (χ1v) is 8.17. The first kappa shape index (κ1) is 15.5. The molecule has 0 aromatic heterocycles. The van der Waals surface area contributed by atoms with Crippen molar-refractivity contribution in [1.29, 1.82) is 0 Å². The molecule has 0 heterocycles. The lowest BCUT2D eigenvalue weighted by molar-refractivity contribution is 0.627. The summed E-state index contributed by atoms with van der Waals surface area (Å²) >= 11 is 2.46. The second-order valence-electron chi connectivity index (χ2n) is 5.39. The van der Waals surface area contributed by atoms with Crippen molar-refractivity contribution in [2.45, 2.75) is 33.7 Å². The number of hydrogen-bond donors (Lipinski definition) is 1. The second kappa shape index (κ2) is 6.72. The smallest absolute Gasteiger partial charge is 0.0587 e. The number of benzene rings is 2. The lowest BCUT2D eigenvalue weighted by atomic mass is 9.94. The zero-order chi connectivity index (χ0) is 14.7. The molecular formula is C18H22IN. The van der Waals surface area contributed by atoms with Crippen molar-refractivity contribution in [3.05, 3.63) is 67.8 Å². The maximum absolute atomic E-state index is 3.63. The molecule has 1 N–H and O–H groups in total. The van der Waals surface area contributed by atoms with Gasteiger partial charge in [-0.3, -0.25) is 0 Å². The molecule has 1 nitrogen and oxygen atoms in total. The van der Waals surface area contributed by atoms with Gasteiger partial charge in [-0.15, -0.1) is 0 Å². The van der Waals surface area contributed by atoms with Crippen molar-refractivity contribution in [1.82, 2.24) is 5.32 Å². The molecule has 1 unspecified atom stereocenters. The summed E-state index contributed by atoms with van der Waals surface area (Å²) in [5, 5.41) is 3.63. The fraction of sp³-hybridized carbons (Fsp3) is 0.333. The van der Waals surface area contributed by atoms with Crippen LogP contribution in [-0.4, -0.2) is 6.54 Å². The largest absolute Gasteiger partial charge is 0.306 e. The molecule has 0 saturated heterocycles. The average molecular weight is 379 g/mol. The van der Waals surface area contributed by atoms with Gasteiger partial charge in [-0.1, -0.05) is 54.4 Å². The van der Waals surface area contributed by atoms with E-state index in [9.17, 15) is 0 Å². The molecule has 0 spiro atoms. The van der Waals surface area contributed by atoms with Crippen molar-refractivity contribution in [2.75, 3.05) is 6.54 Å². The lowest BCUT2D eigenvalue weighted by Gasteiger charge is -2.22. The van der Waals surface area contributed by atoms with Gasteiger partial charge in [0.05, 0.1) is 6.04 Å². The van der Waals surface area contributed by atoms with E-state index in [0.717, 1.165) is 6.54 Å². The molecule has 0 radical (unpaired) electrons. The fourth-order valence-electron chi connectivity index (χ4n) is 2.68. The summed E-state index contributed by atoms with van der Waals surface area (Å²) < 4.78 is 1.36. The zero-order valence-electron chi connectivity index (χ0n) is 12.6. The van der Waals surface area contributed by atoms with Crippen LogP contribution in [-0.2, 0) is 0 Å². The molecule has 0 bridgehead atoms. The van der Waals surface area contributed by atoms with E-state index in [1.54, 1.807) is 0 Å². The Bertz CT molecular complexity index is 584. The van der Waals surface area contributed by atoms with Gasteiger partial charge in [0.1, 0.15) is 0 Å². The molecule has 0 aliphatic rings. The highest BCUT2D eigenvalue weighted by Crippen LogP contribution is 2.29. The summed E-state index contributed by atoms with van der Waals surface area (Å²) in [4.78, 5) is 0. The van der Waals surface area contributed by atoms with Crippen LogP contribution in [0.4, 0.5) is 0 Å². The van der Waals surface area contributed by atoms with Crippen LogP contribution in [0, 0.1) is 24.3 Å². The Labute approximate surface area is 135 Å². The standard InChI is InChI=1S/C18H22IN/c1-5-20-18(15-10-12(2)9-13(3)11-15)16-8-6-7-14(4)17(16)19/h6-11,18,20H,5H2,1-4H3. The Morgan fingerprint density at radius 1 is 1.05 bits per heavy atom. The van der Waals surface area contributed by atoms with Crippen LogP contribution < -0.4 is 5.32 Å². The van der Waals surface area contributed by atoms with E-state index in [-0.39, 0.29) is 6.04 Å². The van der Waals surface area contributed by atoms with Gasteiger partial charge in [0.25, 0.3) is 0 Å². The number of hydrogen-bond acceptors (Lipinski definition) is 1. The molecule has 20 heavy (non-hydrogen) atoms. The monoisotopic (exact) mass is 379 g/mol. The molecule has 0 fully saturated rings. The van der Waals surface area contributed by atoms with Gasteiger partial charge in [-0.05, 0) is 66.6 Å². The van der Waals surface area contributed by atoms with Crippen molar-refractivity contribution < 1.29 is 0 Å². The first-order valence-electron chi connectivity index (χ1n) is 7.09. The Balaban J connectivity index is 2.53. The van der Waals surface area contributed by atoms with Crippen LogP contribution in [0.15, 0.2) is 36.4 Å². The molecule has 106 valence electrons. The maximum Gasteiger partial charge on any atom is 0.0587 e. The molecule has 0 aliphatic heterocycles. The highest BCUT2D eigenvalue weighted by atomic mass is 127. The number of aryl methyl sites for hydroxylation is 3. The third-order valence-electron chi connectivity index (χ3n) is 3.52. The van der Waals surface area contributed by atoms with Crippen molar-refractivity contribution in [2.24, 2.45) is 0 Å². The van der Waals surface area contributed by atoms with E-state index in [1.807, 2.05) is 0 Å². The van der Waals surface area contributed by atoms with E-state index in [4.69, 9.17) is 0 Å². The van der Waals surface area contributed by atoms with Crippen LogP contribution in [0.25, 0.3) is 0 Å². The van der Waals surface area contributed by atoms with Crippen LogP contribution in [0.5, 0.6) is 0 Å². The van der Waals surface area contributed by atoms with Crippen LogP contribution in [0.3, 0.4) is 0 Å². The minimum Gasteiger partial charge on any atom is -0.306 e. The van der Waals surface area contributed by atoms with Crippen molar-refractivity contribution in [3.63, 3.8) is 0 Å². The molecule has 0 amide bonds. The molecule has 2 aromatic carbocycles. The summed E-state index contributed by atoms with van der Waals surface area (Å²) in [5.74, 6) is 0. The van der Waals surface area contributed by atoms with Gasteiger partial charge in [-0.25, -0.2) is 0 Å². The minimum atomic E-state index is 0.269. The Kier molecular flexibility index (Phi) is 5.22. The third kappa shape index (κ3) is 3.41. The summed E-state index contributed by atoms with van der Waals surface area (Å²) in [6.45, 7) is 9.64. The van der Waals surface area contributed by atoms with E-state index in [0.29, 0.717) is 0 Å². The topological polar surface area (TPSA) is 12.0 Å². The molecular weight excluding hydrogens is 357 g/mol. The molecule has 1 atom stereocenters. The highest BCUT2D eigenvalue weighted by Gasteiger charge is 2.17. The van der Waals surface area contributed by atoms with Gasteiger partial charge in [-0.2, -0.15) is 0 Å². The van der Waals surface area contributed by atoms with Gasteiger partial charge in [0.2, 0.25) is 0 Å². The predicted octanol–water partition coefficient (Wildman–Crippen LogP) is 4.92. The molecule has 0 aliphatic carbocycles. The fourth-order valence-corrected chi connectivity index (χ4v) is 3.35. The molecule has 2 heteroatoms. The number of halogens is 1. The third-order valence-corrected chi connectivity index (χ3v) is 4.99. The van der Waals surface area contributed by atoms with Gasteiger partial charge < -0.3 is 5.32 Å². The highest BCUT2D eigenvalue weighted by molar-refractivity contribution is 14.1. The van der Waals surface area contributed by atoms with E-state index >= 15 is 0 Å². The second-order valence-corrected chi connectivity index (χ2v) is 6.47. The summed E-state index contributed by atoms with van der Waals surface area (Å²) in [6.07, 6.45) is 0. The normalized spacial score (nSPS) is 12.4. The number of rotatable bonds is 4. The van der Waals surface area contributed by atoms with Crippen LogP contribution >= 0.6 is 22.6 Å².